The third-order valence-corrected chi connectivity index (χ3v) is 4.12. The Morgan fingerprint density at radius 2 is 1.95 bits per heavy atom. The molecule has 3 heteroatoms. The topological polar surface area (TPSA) is 29.9 Å². The Morgan fingerprint density at radius 3 is 2.67 bits per heavy atom. The molecule has 1 N–H and O–H groups in total. The van der Waals surface area contributed by atoms with Gasteiger partial charge in [-0.1, -0.05) is 51.3 Å². The Hall–Kier alpha value is -1.35. The fourth-order valence-electron chi connectivity index (χ4n) is 3.03. The molecule has 0 aliphatic rings. The SMILES string of the molecule is CCCCCC(Cc1nn(CC)c2ccccc12)NCC. The summed E-state index contributed by atoms with van der Waals surface area (Å²) in [5.74, 6) is 0. The van der Waals surface area contributed by atoms with Crippen LogP contribution in [0.5, 0.6) is 0 Å². The molecule has 0 aliphatic heterocycles. The first-order valence-corrected chi connectivity index (χ1v) is 8.47. The lowest BCUT2D eigenvalue weighted by atomic mass is 10.0. The lowest BCUT2D eigenvalue weighted by molar-refractivity contribution is 0.462. The van der Waals surface area contributed by atoms with E-state index in [1.54, 1.807) is 0 Å². The predicted molar refractivity (Wildman–Crippen MR) is 90.7 cm³/mol. The van der Waals surface area contributed by atoms with Gasteiger partial charge in [-0.3, -0.25) is 4.68 Å². The Kier molecular flexibility index (Phi) is 6.24. The van der Waals surface area contributed by atoms with Gasteiger partial charge in [-0.15, -0.1) is 0 Å². The second-order valence-electron chi connectivity index (χ2n) is 5.73. The fraction of sp³-hybridized carbons (Fsp3) is 0.611. The van der Waals surface area contributed by atoms with Gasteiger partial charge < -0.3 is 5.32 Å². The van der Waals surface area contributed by atoms with E-state index in [1.807, 2.05) is 0 Å². The van der Waals surface area contributed by atoms with Crippen molar-refractivity contribution in [2.24, 2.45) is 0 Å². The van der Waals surface area contributed by atoms with Crippen LogP contribution in [-0.2, 0) is 13.0 Å². The van der Waals surface area contributed by atoms with E-state index in [0.29, 0.717) is 6.04 Å². The zero-order valence-electron chi connectivity index (χ0n) is 13.7. The monoisotopic (exact) mass is 287 g/mol. The molecule has 0 saturated carbocycles. The first-order valence-electron chi connectivity index (χ1n) is 8.47. The Morgan fingerprint density at radius 1 is 1.14 bits per heavy atom. The number of aromatic nitrogens is 2. The van der Waals surface area contributed by atoms with Gasteiger partial charge in [0.05, 0.1) is 11.2 Å². The highest BCUT2D eigenvalue weighted by atomic mass is 15.3. The molecule has 0 saturated heterocycles. The summed E-state index contributed by atoms with van der Waals surface area (Å²) in [6.07, 6.45) is 6.19. The van der Waals surface area contributed by atoms with Crippen molar-refractivity contribution in [1.29, 1.82) is 0 Å². The molecule has 0 aliphatic carbocycles. The molecule has 116 valence electrons. The van der Waals surface area contributed by atoms with Crippen molar-refractivity contribution in [3.63, 3.8) is 0 Å². The highest BCUT2D eigenvalue weighted by Gasteiger charge is 2.14. The molecule has 2 rings (SSSR count). The van der Waals surface area contributed by atoms with Crippen LogP contribution >= 0.6 is 0 Å². The van der Waals surface area contributed by atoms with E-state index in [0.717, 1.165) is 19.5 Å². The van der Waals surface area contributed by atoms with Crippen molar-refractivity contribution in [2.45, 2.75) is 65.5 Å². The van der Waals surface area contributed by atoms with E-state index in [-0.39, 0.29) is 0 Å². The first kappa shape index (κ1) is 16.0. The lowest BCUT2D eigenvalue weighted by Gasteiger charge is -2.16. The summed E-state index contributed by atoms with van der Waals surface area (Å²) in [7, 11) is 0. The van der Waals surface area contributed by atoms with Gasteiger partial charge in [-0.25, -0.2) is 0 Å². The van der Waals surface area contributed by atoms with E-state index in [1.165, 1.54) is 42.3 Å². The number of fused-ring (bicyclic) bond motifs is 1. The number of aryl methyl sites for hydroxylation is 1. The van der Waals surface area contributed by atoms with Crippen LogP contribution in [0.4, 0.5) is 0 Å². The van der Waals surface area contributed by atoms with Gasteiger partial charge in [-0.05, 0) is 26.0 Å². The molecule has 1 aromatic carbocycles. The summed E-state index contributed by atoms with van der Waals surface area (Å²) in [6, 6.07) is 9.15. The molecule has 1 unspecified atom stereocenters. The molecule has 1 aromatic heterocycles. The van der Waals surface area contributed by atoms with Crippen LogP contribution in [0.3, 0.4) is 0 Å². The van der Waals surface area contributed by atoms with Crippen LogP contribution < -0.4 is 5.32 Å². The summed E-state index contributed by atoms with van der Waals surface area (Å²) in [4.78, 5) is 0. The predicted octanol–water partition coefficient (Wildman–Crippen LogP) is 4.16. The number of nitrogens with zero attached hydrogens (tertiary/aromatic N) is 2. The highest BCUT2D eigenvalue weighted by Crippen LogP contribution is 2.20. The maximum absolute atomic E-state index is 4.83. The van der Waals surface area contributed by atoms with Crippen molar-refractivity contribution < 1.29 is 0 Å². The van der Waals surface area contributed by atoms with Crippen LogP contribution in [0, 0.1) is 0 Å². The van der Waals surface area contributed by atoms with Crippen LogP contribution in [0.15, 0.2) is 24.3 Å². The number of nitrogens with one attached hydrogen (secondary N) is 1. The maximum Gasteiger partial charge on any atom is 0.0718 e. The normalized spacial score (nSPS) is 12.9. The molecule has 0 spiro atoms. The number of unbranched alkanes of at least 4 members (excludes halogenated alkanes) is 2. The summed E-state index contributed by atoms with van der Waals surface area (Å²) >= 11 is 0. The molecule has 1 heterocycles. The molecular formula is C18H29N3. The van der Waals surface area contributed by atoms with Crippen LogP contribution in [-0.4, -0.2) is 22.4 Å². The Bertz CT molecular complexity index is 544. The van der Waals surface area contributed by atoms with Crippen LogP contribution in [0.1, 0.15) is 52.1 Å². The van der Waals surface area contributed by atoms with E-state index in [4.69, 9.17) is 5.10 Å². The number of rotatable bonds is 9. The average molecular weight is 287 g/mol. The molecule has 0 amide bonds. The van der Waals surface area contributed by atoms with Crippen molar-refractivity contribution in [3.8, 4) is 0 Å². The molecule has 3 nitrogen and oxygen atoms in total. The standard InChI is InChI=1S/C18H29N3/c1-4-7-8-11-15(19-5-2)14-17-16-12-9-10-13-18(16)21(6-3)20-17/h9-10,12-13,15,19H,4-8,11,14H2,1-3H3. The molecule has 0 radical (unpaired) electrons. The molecular weight excluding hydrogens is 258 g/mol. The largest absolute Gasteiger partial charge is 0.314 e. The van der Waals surface area contributed by atoms with Crippen molar-refractivity contribution in [2.75, 3.05) is 6.54 Å². The number of hydrogen-bond donors (Lipinski definition) is 1. The van der Waals surface area contributed by atoms with Gasteiger partial charge in [0.25, 0.3) is 0 Å². The summed E-state index contributed by atoms with van der Waals surface area (Å²) in [6.45, 7) is 8.58. The zero-order valence-corrected chi connectivity index (χ0v) is 13.7. The second-order valence-corrected chi connectivity index (χ2v) is 5.73. The van der Waals surface area contributed by atoms with E-state index in [2.05, 4.69) is 55.0 Å². The molecule has 0 bridgehead atoms. The van der Waals surface area contributed by atoms with E-state index in [9.17, 15) is 0 Å². The van der Waals surface area contributed by atoms with Crippen LogP contribution in [0.25, 0.3) is 10.9 Å². The minimum atomic E-state index is 0.546. The third kappa shape index (κ3) is 4.07. The van der Waals surface area contributed by atoms with Crippen molar-refractivity contribution in [3.05, 3.63) is 30.0 Å². The smallest absolute Gasteiger partial charge is 0.0718 e. The van der Waals surface area contributed by atoms with E-state index < -0.39 is 0 Å². The third-order valence-electron chi connectivity index (χ3n) is 4.12. The minimum Gasteiger partial charge on any atom is -0.314 e. The van der Waals surface area contributed by atoms with E-state index >= 15 is 0 Å². The molecule has 21 heavy (non-hydrogen) atoms. The maximum atomic E-state index is 4.83. The lowest BCUT2D eigenvalue weighted by Crippen LogP contribution is -2.31. The van der Waals surface area contributed by atoms with Gasteiger partial charge in [0.15, 0.2) is 0 Å². The van der Waals surface area contributed by atoms with Crippen molar-refractivity contribution >= 4 is 10.9 Å². The Labute approximate surface area is 128 Å². The van der Waals surface area contributed by atoms with Gasteiger partial charge in [0.2, 0.25) is 0 Å². The zero-order chi connectivity index (χ0) is 15.1. The number of benzene rings is 1. The number of hydrogen-bond acceptors (Lipinski definition) is 2. The quantitative estimate of drug-likeness (QED) is 0.702. The highest BCUT2D eigenvalue weighted by molar-refractivity contribution is 5.82. The number of likely N-dealkylation sites (N-methyl/N-ethyl adjacent to an activating group) is 1. The Balaban J connectivity index is 2.15. The second kappa shape index (κ2) is 8.18. The summed E-state index contributed by atoms with van der Waals surface area (Å²) in [5.41, 5.74) is 2.51. The average Bonchev–Trinajstić information content (AvgIpc) is 2.86. The molecule has 2 aromatic rings. The van der Waals surface area contributed by atoms with Gasteiger partial charge in [0, 0.05) is 24.4 Å². The fourth-order valence-corrected chi connectivity index (χ4v) is 3.03. The van der Waals surface area contributed by atoms with Gasteiger partial charge in [-0.2, -0.15) is 5.10 Å². The van der Waals surface area contributed by atoms with Crippen LogP contribution in [0.2, 0.25) is 0 Å². The molecule has 1 atom stereocenters. The minimum absolute atomic E-state index is 0.546. The van der Waals surface area contributed by atoms with Gasteiger partial charge in [0.1, 0.15) is 0 Å². The van der Waals surface area contributed by atoms with Crippen molar-refractivity contribution in [1.82, 2.24) is 15.1 Å². The van der Waals surface area contributed by atoms with Gasteiger partial charge >= 0.3 is 0 Å². The first-order chi connectivity index (χ1) is 10.3. The number of para-hydroxylation sites is 1. The molecule has 0 fully saturated rings. The summed E-state index contributed by atoms with van der Waals surface area (Å²) in [5, 5.41) is 9.78. The summed E-state index contributed by atoms with van der Waals surface area (Å²) < 4.78 is 2.12.